The lowest BCUT2D eigenvalue weighted by Gasteiger charge is -2.43. The highest BCUT2D eigenvalue weighted by Gasteiger charge is 2.46. The maximum Gasteiger partial charge on any atom is 0.152 e. The molecule has 1 aliphatic rings. The van der Waals surface area contributed by atoms with Crippen LogP contribution in [-0.4, -0.2) is 49.5 Å². The van der Waals surface area contributed by atoms with E-state index in [4.69, 9.17) is 5.73 Å². The average molecular weight is 276 g/mol. The maximum absolute atomic E-state index is 11.8. The van der Waals surface area contributed by atoms with Crippen LogP contribution in [0.5, 0.6) is 0 Å². The van der Waals surface area contributed by atoms with Crippen molar-refractivity contribution in [2.45, 2.75) is 58.0 Å². The molecule has 0 amide bonds. The molecule has 0 bridgehead atoms. The summed E-state index contributed by atoms with van der Waals surface area (Å²) in [5.74, 6) is 0.536. The first-order valence-corrected chi connectivity index (χ1v) is 8.90. The smallest absolute Gasteiger partial charge is 0.152 e. The van der Waals surface area contributed by atoms with Gasteiger partial charge in [0, 0.05) is 18.1 Å². The Morgan fingerprint density at radius 1 is 1.39 bits per heavy atom. The minimum absolute atomic E-state index is 0.241. The van der Waals surface area contributed by atoms with Gasteiger partial charge in [0.05, 0.1) is 11.5 Å². The summed E-state index contributed by atoms with van der Waals surface area (Å²) in [5, 5.41) is 0. The minimum atomic E-state index is -2.90. The van der Waals surface area contributed by atoms with Crippen molar-refractivity contribution in [1.82, 2.24) is 4.90 Å². The molecule has 1 fully saturated rings. The maximum atomic E-state index is 11.8. The van der Waals surface area contributed by atoms with E-state index in [-0.39, 0.29) is 11.3 Å². The van der Waals surface area contributed by atoms with Crippen LogP contribution in [0.15, 0.2) is 0 Å². The van der Waals surface area contributed by atoms with E-state index in [1.165, 1.54) is 0 Å². The van der Waals surface area contributed by atoms with Crippen LogP contribution in [0.2, 0.25) is 0 Å². The SMILES string of the molecule is CCCCN(C(C)CC)C1(CN)CCS(=O)(=O)C1. The fraction of sp³-hybridized carbons (Fsp3) is 1.00. The Labute approximate surface area is 112 Å². The lowest BCUT2D eigenvalue weighted by atomic mass is 9.93. The number of unbranched alkanes of at least 4 members (excludes halogenated alkanes) is 1. The van der Waals surface area contributed by atoms with Gasteiger partial charge in [-0.05, 0) is 32.7 Å². The number of sulfone groups is 1. The molecule has 0 aromatic heterocycles. The monoisotopic (exact) mass is 276 g/mol. The van der Waals surface area contributed by atoms with Crippen LogP contribution in [0.3, 0.4) is 0 Å². The van der Waals surface area contributed by atoms with Crippen molar-refractivity contribution in [3.05, 3.63) is 0 Å². The summed E-state index contributed by atoms with van der Waals surface area (Å²) in [6.07, 6.45) is 3.96. The van der Waals surface area contributed by atoms with E-state index in [2.05, 4.69) is 25.7 Å². The van der Waals surface area contributed by atoms with Crippen LogP contribution in [0.4, 0.5) is 0 Å². The van der Waals surface area contributed by atoms with Gasteiger partial charge in [0.2, 0.25) is 0 Å². The molecule has 1 aliphatic heterocycles. The fourth-order valence-electron chi connectivity index (χ4n) is 2.88. The average Bonchev–Trinajstić information content (AvgIpc) is 2.66. The zero-order valence-electron chi connectivity index (χ0n) is 12.0. The molecule has 18 heavy (non-hydrogen) atoms. The summed E-state index contributed by atoms with van der Waals surface area (Å²) in [6.45, 7) is 7.89. The van der Waals surface area contributed by atoms with Gasteiger partial charge in [-0.2, -0.15) is 0 Å². The van der Waals surface area contributed by atoms with Gasteiger partial charge in [0.15, 0.2) is 9.84 Å². The molecule has 0 saturated carbocycles. The van der Waals surface area contributed by atoms with Gasteiger partial charge in [-0.3, -0.25) is 4.90 Å². The molecule has 2 unspecified atom stereocenters. The van der Waals surface area contributed by atoms with Crippen molar-refractivity contribution >= 4 is 9.84 Å². The number of hydrogen-bond acceptors (Lipinski definition) is 4. The standard InChI is InChI=1S/C13H28N2O2S/c1-4-6-8-15(12(3)5-2)13(10-14)7-9-18(16,17)11-13/h12H,4-11,14H2,1-3H3. The number of nitrogens with two attached hydrogens (primary N) is 1. The molecule has 2 N–H and O–H groups in total. The van der Waals surface area contributed by atoms with Crippen LogP contribution < -0.4 is 5.73 Å². The Kier molecular flexibility index (Phi) is 5.62. The second kappa shape index (κ2) is 6.35. The molecule has 5 heteroatoms. The number of rotatable bonds is 7. The largest absolute Gasteiger partial charge is 0.329 e. The first-order valence-electron chi connectivity index (χ1n) is 7.08. The van der Waals surface area contributed by atoms with Crippen molar-refractivity contribution in [1.29, 1.82) is 0 Å². The van der Waals surface area contributed by atoms with Crippen LogP contribution in [-0.2, 0) is 9.84 Å². The highest BCUT2D eigenvalue weighted by Crippen LogP contribution is 2.31. The van der Waals surface area contributed by atoms with Crippen LogP contribution >= 0.6 is 0 Å². The first-order chi connectivity index (χ1) is 8.40. The molecule has 2 atom stereocenters. The molecule has 0 aromatic rings. The summed E-state index contributed by atoms with van der Waals surface area (Å²) >= 11 is 0. The van der Waals surface area contributed by atoms with Crippen molar-refractivity contribution < 1.29 is 8.42 Å². The van der Waals surface area contributed by atoms with Gasteiger partial charge in [-0.15, -0.1) is 0 Å². The molecule has 1 saturated heterocycles. The molecule has 1 heterocycles. The van der Waals surface area contributed by atoms with Crippen LogP contribution in [0.25, 0.3) is 0 Å². The van der Waals surface area contributed by atoms with Crippen molar-refractivity contribution in [2.75, 3.05) is 24.6 Å². The lowest BCUT2D eigenvalue weighted by Crippen LogP contribution is -2.58. The Morgan fingerprint density at radius 3 is 2.44 bits per heavy atom. The van der Waals surface area contributed by atoms with Crippen LogP contribution in [0, 0.1) is 0 Å². The molecular formula is C13H28N2O2S. The van der Waals surface area contributed by atoms with E-state index in [1.807, 2.05) is 0 Å². The quantitative estimate of drug-likeness (QED) is 0.763. The zero-order chi connectivity index (χ0) is 13.8. The fourth-order valence-corrected chi connectivity index (χ4v) is 4.96. The molecule has 108 valence electrons. The Hall–Kier alpha value is -0.130. The zero-order valence-corrected chi connectivity index (χ0v) is 12.8. The van der Waals surface area contributed by atoms with Crippen LogP contribution in [0.1, 0.15) is 46.5 Å². The summed E-state index contributed by atoms with van der Waals surface area (Å²) in [4.78, 5) is 2.36. The minimum Gasteiger partial charge on any atom is -0.329 e. The van der Waals surface area contributed by atoms with Crippen molar-refractivity contribution in [2.24, 2.45) is 5.73 Å². The predicted octanol–water partition coefficient (Wildman–Crippen LogP) is 1.40. The third-order valence-corrected chi connectivity index (χ3v) is 6.04. The van der Waals surface area contributed by atoms with Gasteiger partial charge in [0.25, 0.3) is 0 Å². The van der Waals surface area contributed by atoms with Crippen molar-refractivity contribution in [3.63, 3.8) is 0 Å². The Bertz CT molecular complexity index is 356. The van der Waals surface area contributed by atoms with Gasteiger partial charge < -0.3 is 5.73 Å². The number of nitrogens with zero attached hydrogens (tertiary/aromatic N) is 1. The molecule has 1 rings (SSSR count). The van der Waals surface area contributed by atoms with E-state index in [9.17, 15) is 8.42 Å². The predicted molar refractivity (Wildman–Crippen MR) is 76.4 cm³/mol. The highest BCUT2D eigenvalue weighted by molar-refractivity contribution is 7.91. The summed E-state index contributed by atoms with van der Waals surface area (Å²) in [7, 11) is -2.90. The normalized spacial score (nSPS) is 28.7. The van der Waals surface area contributed by atoms with Crippen molar-refractivity contribution in [3.8, 4) is 0 Å². The van der Waals surface area contributed by atoms with E-state index >= 15 is 0 Å². The molecule has 0 radical (unpaired) electrons. The summed E-state index contributed by atoms with van der Waals surface area (Å²) in [5.41, 5.74) is 5.63. The Balaban J connectivity index is 2.93. The van der Waals surface area contributed by atoms with Gasteiger partial charge in [-0.1, -0.05) is 20.3 Å². The molecule has 0 aliphatic carbocycles. The van der Waals surface area contributed by atoms with E-state index in [0.29, 0.717) is 24.8 Å². The summed E-state index contributed by atoms with van der Waals surface area (Å²) in [6, 6.07) is 0.397. The van der Waals surface area contributed by atoms with E-state index in [0.717, 1.165) is 25.8 Å². The Morgan fingerprint density at radius 2 is 2.06 bits per heavy atom. The second-order valence-corrected chi connectivity index (χ2v) is 7.76. The topological polar surface area (TPSA) is 63.4 Å². The lowest BCUT2D eigenvalue weighted by molar-refractivity contribution is 0.0696. The highest BCUT2D eigenvalue weighted by atomic mass is 32.2. The van der Waals surface area contributed by atoms with E-state index < -0.39 is 9.84 Å². The molecule has 4 nitrogen and oxygen atoms in total. The second-order valence-electron chi connectivity index (χ2n) is 5.57. The van der Waals surface area contributed by atoms with Gasteiger partial charge in [0.1, 0.15) is 0 Å². The summed E-state index contributed by atoms with van der Waals surface area (Å²) < 4.78 is 23.6. The molecule has 0 aromatic carbocycles. The van der Waals surface area contributed by atoms with Gasteiger partial charge >= 0.3 is 0 Å². The van der Waals surface area contributed by atoms with E-state index in [1.54, 1.807) is 0 Å². The van der Waals surface area contributed by atoms with Gasteiger partial charge in [-0.25, -0.2) is 8.42 Å². The molecular weight excluding hydrogens is 248 g/mol. The first kappa shape index (κ1) is 15.9. The third kappa shape index (κ3) is 3.45. The number of hydrogen-bond donors (Lipinski definition) is 1. The molecule has 0 spiro atoms. The third-order valence-electron chi connectivity index (χ3n) is 4.23.